The molecule has 5 aliphatic rings. The molecule has 1 aliphatic heterocycles. The number of rotatable bonds is 2. The van der Waals surface area contributed by atoms with Crippen LogP contribution >= 0.6 is 0 Å². The first kappa shape index (κ1) is 21.6. The summed E-state index contributed by atoms with van der Waals surface area (Å²) in [6.07, 6.45) is 11.0. The molecular formula is C30H39NO2. The highest BCUT2D eigenvalue weighted by Crippen LogP contribution is 2.69. The maximum absolute atomic E-state index is 12.4. The zero-order valence-electron chi connectivity index (χ0n) is 20.8. The van der Waals surface area contributed by atoms with E-state index in [1.165, 1.54) is 55.3 Å². The number of nitrogens with zero attached hydrogens (tertiary/aromatic N) is 1. The minimum absolute atomic E-state index is 0.0809. The van der Waals surface area contributed by atoms with E-state index in [2.05, 4.69) is 57.1 Å². The Bertz CT molecular complexity index is 1030. The lowest BCUT2D eigenvalue weighted by Crippen LogP contribution is -2.51. The van der Waals surface area contributed by atoms with Crippen molar-refractivity contribution in [1.82, 2.24) is 0 Å². The largest absolute Gasteiger partial charge is 0.378 e. The zero-order chi connectivity index (χ0) is 23.0. The number of fused-ring (bicyclic) bond motifs is 5. The highest BCUT2D eigenvalue weighted by atomic mass is 16.5. The summed E-state index contributed by atoms with van der Waals surface area (Å²) in [6, 6.07) is 9.32. The van der Waals surface area contributed by atoms with Crippen LogP contribution in [0.2, 0.25) is 0 Å². The van der Waals surface area contributed by atoms with Crippen molar-refractivity contribution in [3.63, 3.8) is 0 Å². The molecule has 0 N–H and O–H groups in total. The number of ketones is 1. The number of allylic oxidation sites excluding steroid dienone is 4. The molecule has 1 aromatic rings. The van der Waals surface area contributed by atoms with E-state index in [1.54, 1.807) is 11.1 Å². The van der Waals surface area contributed by atoms with Crippen LogP contribution in [0.1, 0.15) is 76.7 Å². The van der Waals surface area contributed by atoms with E-state index in [9.17, 15) is 4.79 Å². The van der Waals surface area contributed by atoms with Crippen LogP contribution in [0.5, 0.6) is 0 Å². The number of anilines is 1. The predicted molar refractivity (Wildman–Crippen MR) is 133 cm³/mol. The molecule has 3 heteroatoms. The Kier molecular flexibility index (Phi) is 4.96. The number of carbonyl (C=O) groups excluding carboxylic acids is 1. The summed E-state index contributed by atoms with van der Waals surface area (Å²) in [5, 5.41) is 0. The highest BCUT2D eigenvalue weighted by molar-refractivity contribution is 5.93. The van der Waals surface area contributed by atoms with Crippen molar-refractivity contribution in [3.8, 4) is 0 Å². The zero-order valence-corrected chi connectivity index (χ0v) is 20.8. The second-order valence-corrected chi connectivity index (χ2v) is 12.0. The molecule has 0 bridgehead atoms. The van der Waals surface area contributed by atoms with Crippen LogP contribution in [0.4, 0.5) is 5.69 Å². The molecule has 1 spiro atoms. The van der Waals surface area contributed by atoms with Gasteiger partial charge in [-0.2, -0.15) is 0 Å². The van der Waals surface area contributed by atoms with E-state index >= 15 is 0 Å². The first-order valence-corrected chi connectivity index (χ1v) is 13.2. The van der Waals surface area contributed by atoms with Crippen LogP contribution in [-0.2, 0) is 9.53 Å². The van der Waals surface area contributed by atoms with Gasteiger partial charge in [-0.1, -0.05) is 31.6 Å². The Morgan fingerprint density at radius 2 is 1.88 bits per heavy atom. The van der Waals surface area contributed by atoms with Crippen LogP contribution in [0.15, 0.2) is 47.1 Å². The SMILES string of the molecule is C[C@@H]1CC2C(=C3CCC(=O)C=C31)C(c1ccc(N(C)C)cc1)C[C@@]1(C)C2CCC12CCCO2. The summed E-state index contributed by atoms with van der Waals surface area (Å²) in [5.74, 6) is 2.58. The molecule has 4 unspecified atom stereocenters. The fraction of sp³-hybridized carbons (Fsp3) is 0.633. The van der Waals surface area contributed by atoms with Gasteiger partial charge >= 0.3 is 0 Å². The Balaban J connectivity index is 1.51. The van der Waals surface area contributed by atoms with Crippen LogP contribution < -0.4 is 4.90 Å². The highest BCUT2D eigenvalue weighted by Gasteiger charge is 2.64. The van der Waals surface area contributed by atoms with Gasteiger partial charge in [0.2, 0.25) is 0 Å². The molecular weight excluding hydrogens is 406 g/mol. The summed E-state index contributed by atoms with van der Waals surface area (Å²) in [7, 11) is 4.22. The molecule has 1 heterocycles. The van der Waals surface area contributed by atoms with Gasteiger partial charge in [0.25, 0.3) is 0 Å². The van der Waals surface area contributed by atoms with E-state index in [1.807, 2.05) is 6.08 Å². The Morgan fingerprint density at radius 3 is 2.58 bits per heavy atom. The third kappa shape index (κ3) is 3.07. The van der Waals surface area contributed by atoms with Crippen molar-refractivity contribution in [2.24, 2.45) is 23.2 Å². The molecule has 1 aromatic carbocycles. The molecule has 1 saturated heterocycles. The minimum Gasteiger partial charge on any atom is -0.378 e. The molecule has 176 valence electrons. The monoisotopic (exact) mass is 445 g/mol. The van der Waals surface area contributed by atoms with Gasteiger partial charge in [-0.3, -0.25) is 4.79 Å². The lowest BCUT2D eigenvalue weighted by molar-refractivity contribution is -0.115. The van der Waals surface area contributed by atoms with Crippen molar-refractivity contribution in [3.05, 3.63) is 52.6 Å². The van der Waals surface area contributed by atoms with Gasteiger partial charge in [-0.25, -0.2) is 0 Å². The van der Waals surface area contributed by atoms with Crippen LogP contribution in [-0.4, -0.2) is 32.1 Å². The Morgan fingerprint density at radius 1 is 1.09 bits per heavy atom. The second kappa shape index (κ2) is 7.57. The smallest absolute Gasteiger partial charge is 0.156 e. The van der Waals surface area contributed by atoms with E-state index in [4.69, 9.17) is 4.74 Å². The van der Waals surface area contributed by atoms with Crippen molar-refractivity contribution in [1.29, 1.82) is 0 Å². The van der Waals surface area contributed by atoms with Crippen molar-refractivity contribution in [2.75, 3.05) is 25.6 Å². The minimum atomic E-state index is 0.0809. The van der Waals surface area contributed by atoms with E-state index < -0.39 is 0 Å². The summed E-state index contributed by atoms with van der Waals surface area (Å²) in [5.41, 5.74) is 7.63. The van der Waals surface area contributed by atoms with Crippen molar-refractivity contribution < 1.29 is 9.53 Å². The average Bonchev–Trinajstić information content (AvgIpc) is 3.39. The lowest BCUT2D eigenvalue weighted by Gasteiger charge is -2.56. The van der Waals surface area contributed by atoms with Crippen LogP contribution in [0.3, 0.4) is 0 Å². The summed E-state index contributed by atoms with van der Waals surface area (Å²) >= 11 is 0. The van der Waals surface area contributed by atoms with E-state index in [-0.39, 0.29) is 11.0 Å². The number of ether oxygens (including phenoxy) is 1. The number of hydrogen-bond donors (Lipinski definition) is 0. The molecule has 3 nitrogen and oxygen atoms in total. The van der Waals surface area contributed by atoms with Gasteiger partial charge < -0.3 is 9.64 Å². The first-order valence-electron chi connectivity index (χ1n) is 13.2. The number of carbonyl (C=O) groups is 1. The Labute approximate surface area is 199 Å². The summed E-state index contributed by atoms with van der Waals surface area (Å²) in [6.45, 7) is 5.89. The molecule has 3 fully saturated rings. The summed E-state index contributed by atoms with van der Waals surface area (Å²) in [4.78, 5) is 14.5. The Hall–Kier alpha value is -1.87. The third-order valence-electron chi connectivity index (χ3n) is 10.3. The molecule has 0 aromatic heterocycles. The van der Waals surface area contributed by atoms with E-state index in [0.717, 1.165) is 13.0 Å². The molecule has 0 amide bonds. The van der Waals surface area contributed by atoms with Gasteiger partial charge in [0.15, 0.2) is 5.78 Å². The number of benzene rings is 1. The maximum atomic E-state index is 12.4. The van der Waals surface area contributed by atoms with Gasteiger partial charge in [0, 0.05) is 44.1 Å². The van der Waals surface area contributed by atoms with Crippen molar-refractivity contribution in [2.45, 2.75) is 76.7 Å². The van der Waals surface area contributed by atoms with Crippen molar-refractivity contribution >= 4 is 11.5 Å². The molecule has 6 rings (SSSR count). The van der Waals surface area contributed by atoms with Crippen LogP contribution in [0, 0.1) is 23.2 Å². The standard InChI is InChI=1S/C30H39NO2/c1-19-16-25-27-12-14-30(13-5-15-33-30)29(27,2)18-26(20-6-8-21(9-7-20)31(3)4)28(25)23-11-10-22(32)17-24(19)23/h6-9,17,19,25-27H,5,10-16,18H2,1-4H3/t19-,25?,26?,27?,29+,30?/m1/s1. The molecule has 0 radical (unpaired) electrons. The van der Waals surface area contributed by atoms with Gasteiger partial charge in [0.05, 0.1) is 5.60 Å². The average molecular weight is 446 g/mol. The summed E-state index contributed by atoms with van der Waals surface area (Å²) < 4.78 is 6.66. The number of hydrogen-bond acceptors (Lipinski definition) is 3. The fourth-order valence-electron chi connectivity index (χ4n) is 8.68. The van der Waals surface area contributed by atoms with Gasteiger partial charge in [-0.05, 0) is 97.6 Å². The predicted octanol–water partition coefficient (Wildman–Crippen LogP) is 6.45. The second-order valence-electron chi connectivity index (χ2n) is 12.0. The lowest BCUT2D eigenvalue weighted by atomic mass is 9.50. The van der Waals surface area contributed by atoms with Crippen LogP contribution in [0.25, 0.3) is 0 Å². The topological polar surface area (TPSA) is 29.5 Å². The van der Waals surface area contributed by atoms with Gasteiger partial charge in [-0.15, -0.1) is 0 Å². The molecule has 33 heavy (non-hydrogen) atoms. The normalized spacial score (nSPS) is 39.9. The molecule has 2 saturated carbocycles. The third-order valence-corrected chi connectivity index (χ3v) is 10.3. The molecule has 6 atom stereocenters. The van der Waals surface area contributed by atoms with E-state index in [0.29, 0.717) is 35.9 Å². The fourth-order valence-corrected chi connectivity index (χ4v) is 8.68. The molecule has 4 aliphatic carbocycles. The quantitative estimate of drug-likeness (QED) is 0.524. The first-order chi connectivity index (χ1) is 15.8. The maximum Gasteiger partial charge on any atom is 0.156 e. The van der Waals surface area contributed by atoms with Gasteiger partial charge in [0.1, 0.15) is 0 Å².